The number of amides is 2. The van der Waals surface area contributed by atoms with Gasteiger partial charge in [0.25, 0.3) is 12.4 Å². The minimum Gasteiger partial charge on any atom is -0.483 e. The molecule has 3 aliphatic rings. The Kier molecular flexibility index (Phi) is 7.38. The van der Waals surface area contributed by atoms with Crippen LogP contribution >= 0.6 is 0 Å². The monoisotopic (exact) mass is 433 g/mol. The van der Waals surface area contributed by atoms with Crippen LogP contribution in [-0.2, 0) is 9.59 Å². The normalized spacial score (nSPS) is 27.2. The first-order valence-electron chi connectivity index (χ1n) is 11.5. The molecule has 3 atom stereocenters. The highest BCUT2D eigenvalue weighted by atomic mass is 16.3. The van der Waals surface area contributed by atoms with E-state index in [1.807, 2.05) is 4.90 Å². The van der Waals surface area contributed by atoms with Crippen molar-refractivity contribution in [3.05, 3.63) is 17.8 Å². The topological polar surface area (TPSA) is 104 Å². The zero-order valence-corrected chi connectivity index (χ0v) is 18.9. The lowest BCUT2D eigenvalue weighted by atomic mass is 9.68. The van der Waals surface area contributed by atoms with Crippen LogP contribution in [0.25, 0.3) is 0 Å². The predicted molar refractivity (Wildman–Crippen MR) is 114 cm³/mol. The van der Waals surface area contributed by atoms with Crippen molar-refractivity contribution in [1.29, 1.82) is 0 Å². The van der Waals surface area contributed by atoms with Crippen LogP contribution in [0.5, 0.6) is 0 Å². The molecule has 0 unspecified atom stereocenters. The SMILES string of the molecule is Cc1ocnc1C(=O)N1[C@@H]2CC[C@H]1[C@@](CCC(C)C)(C(=O)N1CCCCC1)C2.O=CO. The number of piperidine rings is 1. The number of nitrogens with zero attached hydrogens (tertiary/aromatic N) is 3. The summed E-state index contributed by atoms with van der Waals surface area (Å²) in [7, 11) is 0. The predicted octanol–water partition coefficient (Wildman–Crippen LogP) is 3.50. The molecular weight excluding hydrogens is 398 g/mol. The standard InChI is InChI=1S/C22H33N3O3.CH2O2/c1-15(2)9-10-22(21(27)24-11-5-4-6-12-24)13-17-7-8-18(22)25(17)20(26)19-16(3)28-14-23-19;2-1-3/h14-15,17-18H,4-13H2,1-3H3;1H,(H,2,3)/t17-,18+,22+;/m1./s1. The fraction of sp³-hybridized carbons (Fsp3) is 0.739. The molecular formula is C23H35N3O5. The van der Waals surface area contributed by atoms with Gasteiger partial charge in [0, 0.05) is 25.2 Å². The summed E-state index contributed by atoms with van der Waals surface area (Å²) in [4.78, 5) is 43.7. The van der Waals surface area contributed by atoms with Crippen LogP contribution in [0.2, 0.25) is 0 Å². The van der Waals surface area contributed by atoms with Crippen LogP contribution < -0.4 is 0 Å². The summed E-state index contributed by atoms with van der Waals surface area (Å²) in [5.41, 5.74) is -0.0142. The van der Waals surface area contributed by atoms with Gasteiger partial charge in [0.05, 0.1) is 5.41 Å². The highest BCUT2D eigenvalue weighted by Gasteiger charge is 2.61. The van der Waals surface area contributed by atoms with Crippen LogP contribution in [0.15, 0.2) is 10.8 Å². The summed E-state index contributed by atoms with van der Waals surface area (Å²) in [6.45, 7) is 7.71. The number of hydrogen-bond acceptors (Lipinski definition) is 5. The second-order valence-corrected chi connectivity index (χ2v) is 9.47. The van der Waals surface area contributed by atoms with Gasteiger partial charge in [0.2, 0.25) is 5.91 Å². The maximum atomic E-state index is 13.8. The molecule has 0 aliphatic carbocycles. The zero-order valence-electron chi connectivity index (χ0n) is 18.9. The van der Waals surface area contributed by atoms with Gasteiger partial charge < -0.3 is 19.3 Å². The number of likely N-dealkylation sites (tertiary alicyclic amines) is 1. The van der Waals surface area contributed by atoms with E-state index in [0.29, 0.717) is 23.3 Å². The molecule has 4 rings (SSSR count). The molecule has 3 aliphatic heterocycles. The molecule has 0 aromatic carbocycles. The Labute approximate surface area is 184 Å². The Balaban J connectivity index is 0.000000858. The molecule has 2 amide bonds. The van der Waals surface area contributed by atoms with Crippen molar-refractivity contribution in [3.63, 3.8) is 0 Å². The van der Waals surface area contributed by atoms with Crippen molar-refractivity contribution < 1.29 is 23.9 Å². The Morgan fingerprint density at radius 1 is 1.29 bits per heavy atom. The maximum absolute atomic E-state index is 13.8. The number of aromatic nitrogens is 1. The molecule has 8 heteroatoms. The van der Waals surface area contributed by atoms with E-state index in [4.69, 9.17) is 14.3 Å². The zero-order chi connectivity index (χ0) is 22.6. The second kappa shape index (κ2) is 9.83. The van der Waals surface area contributed by atoms with E-state index in [2.05, 4.69) is 23.7 Å². The van der Waals surface area contributed by atoms with Gasteiger partial charge >= 0.3 is 0 Å². The average molecular weight is 434 g/mol. The smallest absolute Gasteiger partial charge is 0.290 e. The summed E-state index contributed by atoms with van der Waals surface area (Å²) in [5.74, 6) is 1.35. The molecule has 172 valence electrons. The first-order valence-corrected chi connectivity index (χ1v) is 11.5. The van der Waals surface area contributed by atoms with E-state index in [1.165, 1.54) is 12.8 Å². The van der Waals surface area contributed by atoms with Gasteiger partial charge in [-0.2, -0.15) is 0 Å². The third kappa shape index (κ3) is 4.48. The van der Waals surface area contributed by atoms with Gasteiger partial charge in [0.15, 0.2) is 12.1 Å². The quantitative estimate of drug-likeness (QED) is 0.713. The van der Waals surface area contributed by atoms with Crippen LogP contribution in [-0.4, -0.2) is 63.4 Å². The third-order valence-electron chi connectivity index (χ3n) is 7.16. The Morgan fingerprint density at radius 3 is 2.55 bits per heavy atom. The van der Waals surface area contributed by atoms with Gasteiger partial charge in [-0.3, -0.25) is 14.4 Å². The summed E-state index contributed by atoms with van der Waals surface area (Å²) >= 11 is 0. The highest BCUT2D eigenvalue weighted by molar-refractivity contribution is 5.95. The molecule has 0 radical (unpaired) electrons. The Bertz CT molecular complexity index is 786. The Morgan fingerprint density at radius 2 is 1.97 bits per heavy atom. The number of carbonyl (C=O) groups is 3. The van der Waals surface area contributed by atoms with E-state index in [-0.39, 0.29) is 24.5 Å². The summed E-state index contributed by atoms with van der Waals surface area (Å²) in [5, 5.41) is 6.89. The lowest BCUT2D eigenvalue weighted by molar-refractivity contribution is -0.145. The molecule has 3 fully saturated rings. The van der Waals surface area contributed by atoms with Crippen molar-refractivity contribution in [1.82, 2.24) is 14.8 Å². The summed E-state index contributed by atoms with van der Waals surface area (Å²) in [6.07, 6.45) is 9.37. The second-order valence-electron chi connectivity index (χ2n) is 9.47. The molecule has 1 aromatic heterocycles. The van der Waals surface area contributed by atoms with Crippen molar-refractivity contribution in [3.8, 4) is 0 Å². The first-order chi connectivity index (χ1) is 14.9. The van der Waals surface area contributed by atoms with Crippen LogP contribution in [0.1, 0.15) is 81.5 Å². The van der Waals surface area contributed by atoms with Gasteiger partial charge in [-0.15, -0.1) is 0 Å². The maximum Gasteiger partial charge on any atom is 0.290 e. The number of carbonyl (C=O) groups excluding carboxylic acids is 2. The number of aryl methyl sites for hydroxylation is 1. The van der Waals surface area contributed by atoms with Gasteiger partial charge in [-0.1, -0.05) is 13.8 Å². The van der Waals surface area contributed by atoms with E-state index >= 15 is 0 Å². The number of carboxylic acid groups (broad SMARTS) is 1. The van der Waals surface area contributed by atoms with E-state index in [0.717, 1.165) is 58.0 Å². The summed E-state index contributed by atoms with van der Waals surface area (Å²) in [6, 6.07) is 0.142. The van der Waals surface area contributed by atoms with Gasteiger partial charge in [-0.25, -0.2) is 4.98 Å². The van der Waals surface area contributed by atoms with Gasteiger partial charge in [-0.05, 0) is 64.2 Å². The number of hydrogen-bond donors (Lipinski definition) is 1. The highest BCUT2D eigenvalue weighted by Crippen LogP contribution is 2.54. The van der Waals surface area contributed by atoms with E-state index < -0.39 is 5.41 Å². The molecule has 31 heavy (non-hydrogen) atoms. The lowest BCUT2D eigenvalue weighted by Gasteiger charge is -2.41. The van der Waals surface area contributed by atoms with Crippen molar-refractivity contribution in [2.24, 2.45) is 11.3 Å². The minimum atomic E-state index is -0.419. The minimum absolute atomic E-state index is 0.00530. The van der Waals surface area contributed by atoms with E-state index in [9.17, 15) is 9.59 Å². The molecule has 3 saturated heterocycles. The number of rotatable bonds is 5. The molecule has 1 aromatic rings. The molecule has 1 N–H and O–H groups in total. The first kappa shape index (κ1) is 23.3. The molecule has 0 spiro atoms. The van der Waals surface area contributed by atoms with E-state index in [1.54, 1.807) is 6.92 Å². The lowest BCUT2D eigenvalue weighted by Crippen LogP contribution is -2.52. The summed E-state index contributed by atoms with van der Waals surface area (Å²) < 4.78 is 5.28. The average Bonchev–Trinajstić information content (AvgIpc) is 3.46. The van der Waals surface area contributed by atoms with Crippen LogP contribution in [0, 0.1) is 18.3 Å². The third-order valence-corrected chi connectivity index (χ3v) is 7.16. The van der Waals surface area contributed by atoms with Crippen molar-refractivity contribution >= 4 is 18.3 Å². The largest absolute Gasteiger partial charge is 0.483 e. The fourth-order valence-electron chi connectivity index (χ4n) is 5.69. The van der Waals surface area contributed by atoms with Gasteiger partial charge in [0.1, 0.15) is 5.76 Å². The Hall–Kier alpha value is -2.38. The van der Waals surface area contributed by atoms with Crippen LogP contribution in [0.3, 0.4) is 0 Å². The number of oxazole rings is 1. The fourth-order valence-corrected chi connectivity index (χ4v) is 5.69. The molecule has 2 bridgehead atoms. The van der Waals surface area contributed by atoms with Crippen molar-refractivity contribution in [2.75, 3.05) is 13.1 Å². The molecule has 8 nitrogen and oxygen atoms in total. The molecule has 0 saturated carbocycles. The van der Waals surface area contributed by atoms with Crippen LogP contribution in [0.4, 0.5) is 0 Å². The van der Waals surface area contributed by atoms with Crippen molar-refractivity contribution in [2.45, 2.75) is 84.2 Å². The molecule has 4 heterocycles. The number of fused-ring (bicyclic) bond motifs is 2.